The number of hydrogen-bond donors (Lipinski definition) is 0. The van der Waals surface area contributed by atoms with Crippen LogP contribution >= 0.6 is 15.9 Å². The van der Waals surface area contributed by atoms with Crippen molar-refractivity contribution in [1.82, 2.24) is 4.90 Å². The van der Waals surface area contributed by atoms with Crippen LogP contribution in [0.25, 0.3) is 0 Å². The molecule has 3 aliphatic rings. The number of hydrogen-bond acceptors (Lipinski definition) is 2. The largest absolute Gasteiger partial charge is 0.493 e. The van der Waals surface area contributed by atoms with Gasteiger partial charge in [0.2, 0.25) is 0 Å². The molecule has 0 aliphatic carbocycles. The van der Waals surface area contributed by atoms with E-state index in [1.807, 2.05) is 0 Å². The molecule has 2 fully saturated rings. The Morgan fingerprint density at radius 2 is 1.89 bits per heavy atom. The fourth-order valence-electron chi connectivity index (χ4n) is 4.14. The van der Waals surface area contributed by atoms with Crippen LogP contribution in [0.1, 0.15) is 37.2 Å². The van der Waals surface area contributed by atoms with Gasteiger partial charge in [-0.05, 0) is 31.7 Å². The second-order valence-electron chi connectivity index (χ2n) is 6.20. The van der Waals surface area contributed by atoms with Gasteiger partial charge < -0.3 is 4.74 Å². The van der Waals surface area contributed by atoms with Gasteiger partial charge in [-0.1, -0.05) is 34.1 Å². The summed E-state index contributed by atoms with van der Waals surface area (Å²) in [6.45, 7) is 2.05. The molecule has 2 saturated heterocycles. The average Bonchev–Trinajstić information content (AvgIpc) is 2.92. The minimum Gasteiger partial charge on any atom is -0.493 e. The molecule has 0 radical (unpaired) electrons. The summed E-state index contributed by atoms with van der Waals surface area (Å²) in [6.07, 6.45) is 5.43. The molecule has 0 aromatic heterocycles. The lowest BCUT2D eigenvalue weighted by Crippen LogP contribution is -2.45. The molecule has 0 saturated carbocycles. The Hall–Kier alpha value is -0.540. The van der Waals surface area contributed by atoms with E-state index in [0.717, 1.165) is 29.3 Å². The van der Waals surface area contributed by atoms with E-state index >= 15 is 0 Å². The molecule has 0 amide bonds. The number of alkyl halides is 1. The number of fused-ring (bicyclic) bond motifs is 3. The highest BCUT2D eigenvalue weighted by Gasteiger charge is 2.41. The van der Waals surface area contributed by atoms with Gasteiger partial charge in [-0.25, -0.2) is 0 Å². The molecule has 2 nitrogen and oxygen atoms in total. The van der Waals surface area contributed by atoms with Crippen LogP contribution in [0.2, 0.25) is 0 Å². The van der Waals surface area contributed by atoms with E-state index in [-0.39, 0.29) is 0 Å². The molecule has 3 unspecified atom stereocenters. The molecule has 1 aromatic carbocycles. The van der Waals surface area contributed by atoms with Crippen LogP contribution in [-0.4, -0.2) is 35.0 Å². The number of benzene rings is 1. The zero-order chi connectivity index (χ0) is 12.8. The van der Waals surface area contributed by atoms with Crippen molar-refractivity contribution < 1.29 is 4.74 Å². The standard InChI is InChI=1S/C16H20BrNO/c17-12-7-13-5-6-14(8-12)18(13)9-11-10-19-16-4-2-1-3-15(11)16/h1-4,11-14H,5-10H2. The normalized spacial score (nSPS) is 37.1. The molecule has 3 heterocycles. The number of rotatable bonds is 2. The highest BCUT2D eigenvalue weighted by molar-refractivity contribution is 9.09. The number of piperidine rings is 1. The number of para-hydroxylation sites is 1. The van der Waals surface area contributed by atoms with Crippen LogP contribution in [0.4, 0.5) is 0 Å². The fraction of sp³-hybridized carbons (Fsp3) is 0.625. The quantitative estimate of drug-likeness (QED) is 0.772. The van der Waals surface area contributed by atoms with Gasteiger partial charge in [0, 0.05) is 34.9 Å². The predicted octanol–water partition coefficient (Wildman–Crippen LogP) is 3.55. The molecule has 2 bridgehead atoms. The lowest BCUT2D eigenvalue weighted by Gasteiger charge is -2.38. The van der Waals surface area contributed by atoms with Gasteiger partial charge in [-0.3, -0.25) is 4.90 Å². The summed E-state index contributed by atoms with van der Waals surface area (Å²) < 4.78 is 5.83. The van der Waals surface area contributed by atoms with Crippen molar-refractivity contribution in [3.8, 4) is 5.75 Å². The summed E-state index contributed by atoms with van der Waals surface area (Å²) in [5.41, 5.74) is 1.42. The fourth-order valence-corrected chi connectivity index (χ4v) is 5.00. The van der Waals surface area contributed by atoms with Crippen LogP contribution in [0.5, 0.6) is 5.75 Å². The first-order chi connectivity index (χ1) is 9.31. The van der Waals surface area contributed by atoms with Gasteiger partial charge in [0.1, 0.15) is 5.75 Å². The Bertz CT molecular complexity index is 464. The highest BCUT2D eigenvalue weighted by Crippen LogP contribution is 2.41. The summed E-state index contributed by atoms with van der Waals surface area (Å²) in [5.74, 6) is 1.68. The lowest BCUT2D eigenvalue weighted by atomic mass is 9.96. The smallest absolute Gasteiger partial charge is 0.122 e. The van der Waals surface area contributed by atoms with Crippen molar-refractivity contribution in [3.63, 3.8) is 0 Å². The number of halogens is 1. The van der Waals surface area contributed by atoms with E-state index in [2.05, 4.69) is 45.1 Å². The Morgan fingerprint density at radius 3 is 2.68 bits per heavy atom. The Balaban J connectivity index is 1.51. The molecule has 19 heavy (non-hydrogen) atoms. The van der Waals surface area contributed by atoms with E-state index in [1.54, 1.807) is 0 Å². The molecule has 0 spiro atoms. The van der Waals surface area contributed by atoms with Crippen LogP contribution in [0.15, 0.2) is 24.3 Å². The van der Waals surface area contributed by atoms with Crippen molar-refractivity contribution in [2.75, 3.05) is 13.2 Å². The molecule has 102 valence electrons. The summed E-state index contributed by atoms with van der Waals surface area (Å²) in [6, 6.07) is 10.2. The van der Waals surface area contributed by atoms with Crippen molar-refractivity contribution >= 4 is 15.9 Å². The molecule has 3 atom stereocenters. The summed E-state index contributed by atoms with van der Waals surface area (Å²) in [5, 5.41) is 0. The van der Waals surface area contributed by atoms with Crippen LogP contribution in [0, 0.1) is 0 Å². The first-order valence-corrected chi connectivity index (χ1v) is 8.34. The van der Waals surface area contributed by atoms with E-state index in [0.29, 0.717) is 5.92 Å². The molecular formula is C16H20BrNO. The van der Waals surface area contributed by atoms with Gasteiger partial charge in [0.05, 0.1) is 6.61 Å². The van der Waals surface area contributed by atoms with Gasteiger partial charge in [0.15, 0.2) is 0 Å². The zero-order valence-corrected chi connectivity index (χ0v) is 12.7. The summed E-state index contributed by atoms with van der Waals surface area (Å²) >= 11 is 3.82. The van der Waals surface area contributed by atoms with Gasteiger partial charge >= 0.3 is 0 Å². The van der Waals surface area contributed by atoms with Crippen LogP contribution in [0.3, 0.4) is 0 Å². The van der Waals surface area contributed by atoms with Gasteiger partial charge in [-0.2, -0.15) is 0 Å². The third-order valence-electron chi connectivity index (χ3n) is 5.06. The monoisotopic (exact) mass is 321 g/mol. The summed E-state index contributed by atoms with van der Waals surface area (Å²) in [7, 11) is 0. The molecular weight excluding hydrogens is 302 g/mol. The van der Waals surface area contributed by atoms with Gasteiger partial charge in [0.25, 0.3) is 0 Å². The van der Waals surface area contributed by atoms with Crippen LogP contribution in [-0.2, 0) is 0 Å². The molecule has 3 aliphatic heterocycles. The van der Waals surface area contributed by atoms with E-state index in [1.165, 1.54) is 37.8 Å². The van der Waals surface area contributed by atoms with E-state index < -0.39 is 0 Å². The third kappa shape index (κ3) is 2.11. The van der Waals surface area contributed by atoms with Gasteiger partial charge in [-0.15, -0.1) is 0 Å². The van der Waals surface area contributed by atoms with Crippen molar-refractivity contribution in [3.05, 3.63) is 29.8 Å². The number of ether oxygens (including phenoxy) is 1. The first-order valence-electron chi connectivity index (χ1n) is 7.43. The average molecular weight is 322 g/mol. The topological polar surface area (TPSA) is 12.5 Å². The van der Waals surface area contributed by atoms with Crippen molar-refractivity contribution in [2.24, 2.45) is 0 Å². The minimum absolute atomic E-state index is 0.575. The summed E-state index contributed by atoms with van der Waals surface area (Å²) in [4.78, 5) is 3.52. The highest BCUT2D eigenvalue weighted by atomic mass is 79.9. The molecule has 0 N–H and O–H groups in total. The minimum atomic E-state index is 0.575. The van der Waals surface area contributed by atoms with Crippen LogP contribution < -0.4 is 4.74 Å². The Kier molecular flexibility index (Phi) is 3.07. The first kappa shape index (κ1) is 12.2. The van der Waals surface area contributed by atoms with Crippen molar-refractivity contribution in [2.45, 2.75) is 48.5 Å². The predicted molar refractivity (Wildman–Crippen MR) is 80.1 cm³/mol. The molecule has 4 rings (SSSR count). The third-order valence-corrected chi connectivity index (χ3v) is 5.80. The SMILES string of the molecule is BrC1CC2CCC(C1)N2CC1COc2ccccc21. The second kappa shape index (κ2) is 4.78. The Labute approximate surface area is 123 Å². The maximum atomic E-state index is 5.83. The number of nitrogens with zero attached hydrogens (tertiary/aromatic N) is 1. The van der Waals surface area contributed by atoms with E-state index in [4.69, 9.17) is 4.74 Å². The molecule has 3 heteroatoms. The lowest BCUT2D eigenvalue weighted by molar-refractivity contribution is 0.130. The maximum Gasteiger partial charge on any atom is 0.122 e. The zero-order valence-electron chi connectivity index (χ0n) is 11.1. The Morgan fingerprint density at radius 1 is 1.16 bits per heavy atom. The molecule has 1 aromatic rings. The van der Waals surface area contributed by atoms with Crippen molar-refractivity contribution in [1.29, 1.82) is 0 Å². The maximum absolute atomic E-state index is 5.83. The second-order valence-corrected chi connectivity index (χ2v) is 7.49. The van der Waals surface area contributed by atoms with E-state index in [9.17, 15) is 0 Å².